The van der Waals surface area contributed by atoms with Crippen LogP contribution in [0.1, 0.15) is 58.3 Å². The molecule has 1 aliphatic rings. The minimum absolute atomic E-state index is 0.265. The molecule has 2 rings (SSSR count). The lowest BCUT2D eigenvalue weighted by Gasteiger charge is -2.36. The van der Waals surface area contributed by atoms with Crippen LogP contribution in [0.4, 0.5) is 0 Å². The Morgan fingerprint density at radius 1 is 1.56 bits per heavy atom. The lowest BCUT2D eigenvalue weighted by molar-refractivity contribution is 0.219. The fraction of sp³-hybridized carbons (Fsp3) is 0.833. The number of hydrogen-bond donors (Lipinski definition) is 1. The van der Waals surface area contributed by atoms with Gasteiger partial charge < -0.3 is 10.3 Å². The topological polar surface area (TPSA) is 56.7 Å². The molecule has 4 heteroatoms. The van der Waals surface area contributed by atoms with Crippen LogP contribution in [0.15, 0.2) is 6.33 Å². The molecule has 0 aromatic carbocycles. The third-order valence-corrected chi connectivity index (χ3v) is 3.61. The second-order valence-electron chi connectivity index (χ2n) is 5.51. The molecule has 1 aliphatic carbocycles. The van der Waals surface area contributed by atoms with E-state index in [-0.39, 0.29) is 5.54 Å². The zero-order valence-corrected chi connectivity index (χ0v) is 10.5. The molecule has 0 spiro atoms. The van der Waals surface area contributed by atoms with E-state index in [1.54, 1.807) is 6.33 Å². The zero-order valence-electron chi connectivity index (χ0n) is 10.5. The summed E-state index contributed by atoms with van der Waals surface area (Å²) >= 11 is 0. The van der Waals surface area contributed by atoms with Gasteiger partial charge >= 0.3 is 0 Å². The molecule has 0 bridgehead atoms. The molecular formula is C12H22N4. The number of rotatable bonds is 2. The molecule has 1 saturated carbocycles. The van der Waals surface area contributed by atoms with E-state index in [9.17, 15) is 0 Å². The molecule has 1 fully saturated rings. The van der Waals surface area contributed by atoms with Crippen molar-refractivity contribution in [2.45, 2.75) is 58.0 Å². The summed E-state index contributed by atoms with van der Waals surface area (Å²) in [5, 5.41) is 8.28. The van der Waals surface area contributed by atoms with Crippen LogP contribution in [-0.2, 0) is 5.54 Å². The van der Waals surface area contributed by atoms with Crippen molar-refractivity contribution >= 4 is 0 Å². The fourth-order valence-corrected chi connectivity index (χ4v) is 2.77. The highest BCUT2D eigenvalue weighted by atomic mass is 15.3. The van der Waals surface area contributed by atoms with Crippen LogP contribution in [0, 0.1) is 5.92 Å². The van der Waals surface area contributed by atoms with E-state index < -0.39 is 0 Å². The predicted octanol–water partition coefficient (Wildman–Crippen LogP) is 2.22. The monoisotopic (exact) mass is 222 g/mol. The minimum Gasteiger partial charge on any atom is -0.319 e. The molecule has 0 amide bonds. The first kappa shape index (κ1) is 11.6. The summed E-state index contributed by atoms with van der Waals surface area (Å²) in [5.74, 6) is 1.66. The third kappa shape index (κ3) is 1.98. The normalized spacial score (nSPS) is 30.9. The smallest absolute Gasteiger partial charge is 0.153 e. The van der Waals surface area contributed by atoms with Crippen LogP contribution in [-0.4, -0.2) is 14.8 Å². The predicted molar refractivity (Wildman–Crippen MR) is 63.9 cm³/mol. The van der Waals surface area contributed by atoms with Gasteiger partial charge in [0.1, 0.15) is 6.33 Å². The first-order valence-corrected chi connectivity index (χ1v) is 6.22. The average Bonchev–Trinajstić information content (AvgIpc) is 2.65. The van der Waals surface area contributed by atoms with Crippen molar-refractivity contribution in [3.8, 4) is 0 Å². The van der Waals surface area contributed by atoms with Gasteiger partial charge in [0.05, 0.1) is 5.54 Å². The van der Waals surface area contributed by atoms with Gasteiger partial charge in [-0.25, -0.2) is 0 Å². The summed E-state index contributed by atoms with van der Waals surface area (Å²) < 4.78 is 2.11. The van der Waals surface area contributed by atoms with E-state index in [1.165, 1.54) is 12.8 Å². The Balaban J connectivity index is 2.31. The highest BCUT2D eigenvalue weighted by Crippen LogP contribution is 2.37. The van der Waals surface area contributed by atoms with Gasteiger partial charge in [-0.05, 0) is 32.6 Å². The number of nitrogens with two attached hydrogens (primary N) is 1. The van der Waals surface area contributed by atoms with Crippen LogP contribution in [0.25, 0.3) is 0 Å². The van der Waals surface area contributed by atoms with Crippen molar-refractivity contribution in [3.63, 3.8) is 0 Å². The van der Waals surface area contributed by atoms with Crippen LogP contribution in [0.5, 0.6) is 0 Å². The quantitative estimate of drug-likeness (QED) is 0.834. The average molecular weight is 222 g/mol. The molecule has 90 valence electrons. The molecule has 16 heavy (non-hydrogen) atoms. The molecule has 2 unspecified atom stereocenters. The Kier molecular flexibility index (Phi) is 3.02. The van der Waals surface area contributed by atoms with Crippen molar-refractivity contribution in [1.82, 2.24) is 14.8 Å². The van der Waals surface area contributed by atoms with E-state index in [2.05, 4.69) is 35.5 Å². The van der Waals surface area contributed by atoms with Gasteiger partial charge in [0, 0.05) is 6.04 Å². The largest absolute Gasteiger partial charge is 0.319 e. The van der Waals surface area contributed by atoms with Gasteiger partial charge in [0.25, 0.3) is 0 Å². The Hall–Kier alpha value is -0.900. The van der Waals surface area contributed by atoms with Gasteiger partial charge in [-0.15, -0.1) is 10.2 Å². The maximum Gasteiger partial charge on any atom is 0.153 e. The van der Waals surface area contributed by atoms with Crippen LogP contribution >= 0.6 is 0 Å². The first-order valence-electron chi connectivity index (χ1n) is 6.22. The second kappa shape index (κ2) is 4.17. The standard InChI is InChI=1S/C12H22N4/c1-9(2)16-8-14-15-11(16)12(13)6-4-5-10(3)7-12/h8-10H,4-7,13H2,1-3H3. The molecule has 1 aromatic rings. The summed E-state index contributed by atoms with van der Waals surface area (Å²) in [6.45, 7) is 6.56. The SMILES string of the molecule is CC1CCCC(N)(c2nncn2C(C)C)C1. The third-order valence-electron chi connectivity index (χ3n) is 3.61. The molecule has 0 saturated heterocycles. The van der Waals surface area contributed by atoms with Gasteiger partial charge in [-0.3, -0.25) is 0 Å². The molecule has 0 aliphatic heterocycles. The summed E-state index contributed by atoms with van der Waals surface area (Å²) in [5.41, 5.74) is 6.27. The van der Waals surface area contributed by atoms with E-state index in [0.717, 1.165) is 18.7 Å². The van der Waals surface area contributed by atoms with Gasteiger partial charge in [-0.1, -0.05) is 19.8 Å². The Morgan fingerprint density at radius 2 is 2.31 bits per heavy atom. The summed E-state index contributed by atoms with van der Waals surface area (Å²) in [6.07, 6.45) is 6.34. The van der Waals surface area contributed by atoms with Gasteiger partial charge in [0.2, 0.25) is 0 Å². The fourth-order valence-electron chi connectivity index (χ4n) is 2.77. The van der Waals surface area contributed by atoms with E-state index in [1.807, 2.05) is 0 Å². The van der Waals surface area contributed by atoms with Crippen molar-refractivity contribution in [2.24, 2.45) is 11.7 Å². The lowest BCUT2D eigenvalue weighted by Crippen LogP contribution is -2.43. The van der Waals surface area contributed by atoms with Crippen molar-refractivity contribution < 1.29 is 0 Å². The van der Waals surface area contributed by atoms with E-state index in [0.29, 0.717) is 12.0 Å². The molecule has 1 heterocycles. The highest BCUT2D eigenvalue weighted by Gasteiger charge is 2.37. The summed E-state index contributed by atoms with van der Waals surface area (Å²) in [7, 11) is 0. The maximum atomic E-state index is 6.53. The number of hydrogen-bond acceptors (Lipinski definition) is 3. The molecule has 1 aromatic heterocycles. The summed E-state index contributed by atoms with van der Waals surface area (Å²) in [4.78, 5) is 0. The van der Waals surface area contributed by atoms with Crippen LogP contribution in [0.2, 0.25) is 0 Å². The Bertz CT molecular complexity index is 358. The highest BCUT2D eigenvalue weighted by molar-refractivity contribution is 5.08. The van der Waals surface area contributed by atoms with Crippen molar-refractivity contribution in [1.29, 1.82) is 0 Å². The van der Waals surface area contributed by atoms with Crippen LogP contribution < -0.4 is 5.73 Å². The lowest BCUT2D eigenvalue weighted by atomic mass is 9.76. The zero-order chi connectivity index (χ0) is 11.8. The Labute approximate surface area is 97.2 Å². The van der Waals surface area contributed by atoms with Crippen LogP contribution in [0.3, 0.4) is 0 Å². The van der Waals surface area contributed by atoms with Crippen molar-refractivity contribution in [2.75, 3.05) is 0 Å². The number of nitrogens with zero attached hydrogens (tertiary/aromatic N) is 3. The minimum atomic E-state index is -0.265. The summed E-state index contributed by atoms with van der Waals surface area (Å²) in [6, 6.07) is 0.377. The van der Waals surface area contributed by atoms with Gasteiger partial charge in [-0.2, -0.15) is 0 Å². The molecular weight excluding hydrogens is 200 g/mol. The number of aromatic nitrogens is 3. The van der Waals surface area contributed by atoms with E-state index in [4.69, 9.17) is 5.73 Å². The Morgan fingerprint density at radius 3 is 2.94 bits per heavy atom. The molecule has 4 nitrogen and oxygen atoms in total. The van der Waals surface area contributed by atoms with E-state index >= 15 is 0 Å². The first-order chi connectivity index (χ1) is 7.53. The van der Waals surface area contributed by atoms with Crippen molar-refractivity contribution in [3.05, 3.63) is 12.2 Å². The molecule has 0 radical (unpaired) electrons. The van der Waals surface area contributed by atoms with Gasteiger partial charge in [0.15, 0.2) is 5.82 Å². The second-order valence-corrected chi connectivity index (χ2v) is 5.51. The molecule has 2 atom stereocenters. The molecule has 2 N–H and O–H groups in total. The maximum absolute atomic E-state index is 6.53.